The van der Waals surface area contributed by atoms with Crippen molar-refractivity contribution in [2.24, 2.45) is 0 Å². The number of nitrogens with zero attached hydrogens (tertiary/aromatic N) is 2. The van der Waals surface area contributed by atoms with Crippen molar-refractivity contribution in [2.45, 2.75) is 43.5 Å². The van der Waals surface area contributed by atoms with E-state index in [2.05, 4.69) is 36.3 Å². The molecule has 2 heterocycles. The van der Waals surface area contributed by atoms with Crippen molar-refractivity contribution in [3.63, 3.8) is 0 Å². The van der Waals surface area contributed by atoms with E-state index in [9.17, 15) is 13.2 Å². The Hall–Kier alpha value is -2.26. The molecule has 168 valence electrons. The Kier molecular flexibility index (Phi) is 6.67. The lowest BCUT2D eigenvalue weighted by Gasteiger charge is -2.23. The third-order valence-electron chi connectivity index (χ3n) is 5.53. The predicted molar refractivity (Wildman–Crippen MR) is 129 cm³/mol. The molecule has 0 spiro atoms. The molecule has 1 fully saturated rings. The molecule has 1 unspecified atom stereocenters. The summed E-state index contributed by atoms with van der Waals surface area (Å²) in [5, 5.41) is 5.60. The van der Waals surface area contributed by atoms with E-state index in [-0.39, 0.29) is 10.8 Å². The minimum atomic E-state index is -3.79. The lowest BCUT2D eigenvalue weighted by molar-refractivity contribution is -0.119. The first kappa shape index (κ1) is 22.9. The molecule has 6 nitrogen and oxygen atoms in total. The zero-order valence-corrected chi connectivity index (χ0v) is 20.2. The maximum absolute atomic E-state index is 13.1. The van der Waals surface area contributed by atoms with E-state index in [0.29, 0.717) is 35.5 Å². The number of aromatic nitrogens is 1. The largest absolute Gasteiger partial charge is 0.301 e. The summed E-state index contributed by atoms with van der Waals surface area (Å²) in [5.74, 6) is 0.0870. The quantitative estimate of drug-likeness (QED) is 0.504. The average Bonchev–Trinajstić information content (AvgIpc) is 3.44. The second kappa shape index (κ2) is 9.31. The Morgan fingerprint density at radius 1 is 1.16 bits per heavy atom. The Labute approximate surface area is 197 Å². The predicted octanol–water partition coefficient (Wildman–Crippen LogP) is 5.38. The summed E-state index contributed by atoms with van der Waals surface area (Å²) in [6, 6.07) is 13.4. The van der Waals surface area contributed by atoms with E-state index in [1.165, 1.54) is 45.5 Å². The fourth-order valence-electron chi connectivity index (χ4n) is 3.72. The van der Waals surface area contributed by atoms with Crippen LogP contribution < -0.4 is 5.32 Å². The normalized spacial score (nSPS) is 17.1. The highest BCUT2D eigenvalue weighted by Crippen LogP contribution is 2.30. The number of rotatable bonds is 6. The molecule has 1 aliphatic heterocycles. The molecular weight excluding hydrogens is 466 g/mol. The van der Waals surface area contributed by atoms with Crippen molar-refractivity contribution in [2.75, 3.05) is 11.9 Å². The second-order valence-corrected chi connectivity index (χ2v) is 11.2. The molecule has 9 heteroatoms. The Morgan fingerprint density at radius 2 is 1.84 bits per heavy atom. The molecule has 1 saturated heterocycles. The summed E-state index contributed by atoms with van der Waals surface area (Å²) in [5.41, 5.74) is 3.00. The number of hydrogen-bond donors (Lipinski definition) is 1. The van der Waals surface area contributed by atoms with Gasteiger partial charge in [-0.25, -0.2) is 13.4 Å². The molecule has 1 atom stereocenters. The molecule has 1 N–H and O–H groups in total. The number of anilines is 1. The van der Waals surface area contributed by atoms with Gasteiger partial charge in [0.15, 0.2) is 5.13 Å². The number of sulfonamides is 1. The van der Waals surface area contributed by atoms with Crippen LogP contribution in [0.15, 0.2) is 58.8 Å². The first-order valence-corrected chi connectivity index (χ1v) is 13.1. The third-order valence-corrected chi connectivity index (χ3v) is 8.47. The van der Waals surface area contributed by atoms with Crippen molar-refractivity contribution < 1.29 is 13.2 Å². The molecule has 4 rings (SSSR count). The molecule has 2 aromatic carbocycles. The second-order valence-electron chi connectivity index (χ2n) is 8.03. The van der Waals surface area contributed by atoms with Crippen LogP contribution in [-0.4, -0.2) is 36.2 Å². The number of carbonyl (C=O) groups excluding carboxylic acids is 1. The molecule has 0 saturated carbocycles. The zero-order valence-electron chi connectivity index (χ0n) is 17.8. The first-order chi connectivity index (χ1) is 15.3. The highest BCUT2D eigenvalue weighted by Gasteiger charge is 2.39. The Balaban J connectivity index is 1.48. The number of hydrogen-bond acceptors (Lipinski definition) is 5. The van der Waals surface area contributed by atoms with E-state index in [1.54, 1.807) is 0 Å². The van der Waals surface area contributed by atoms with Crippen LogP contribution in [0.3, 0.4) is 0 Å². The van der Waals surface area contributed by atoms with E-state index >= 15 is 0 Å². The highest BCUT2D eigenvalue weighted by molar-refractivity contribution is 7.89. The molecule has 3 aromatic rings. The van der Waals surface area contributed by atoms with Gasteiger partial charge >= 0.3 is 0 Å². The Morgan fingerprint density at radius 3 is 2.50 bits per heavy atom. The minimum absolute atomic E-state index is 0.128. The van der Waals surface area contributed by atoms with E-state index in [0.717, 1.165) is 11.3 Å². The van der Waals surface area contributed by atoms with Crippen LogP contribution in [0.5, 0.6) is 0 Å². The SMILES string of the molecule is CC(C)c1ccc(-c2csc(NC(=O)C3CCCN3S(=O)(=O)c3ccc(Cl)cc3)n2)cc1. The summed E-state index contributed by atoms with van der Waals surface area (Å²) in [7, 11) is -3.79. The molecule has 1 aromatic heterocycles. The van der Waals surface area contributed by atoms with Gasteiger partial charge < -0.3 is 5.32 Å². The van der Waals surface area contributed by atoms with Gasteiger partial charge in [0.05, 0.1) is 10.6 Å². The van der Waals surface area contributed by atoms with Crippen LogP contribution in [0, 0.1) is 0 Å². The summed E-state index contributed by atoms with van der Waals surface area (Å²) in [6.45, 7) is 4.59. The van der Waals surface area contributed by atoms with Crippen molar-refractivity contribution in [3.05, 3.63) is 64.5 Å². The standard InChI is InChI=1S/C23H24ClN3O3S2/c1-15(2)16-5-7-17(8-6-16)20-14-31-23(25-20)26-22(28)21-4-3-13-27(21)32(29,30)19-11-9-18(24)10-12-19/h5-12,14-15,21H,3-4,13H2,1-2H3,(H,25,26,28). The first-order valence-electron chi connectivity index (χ1n) is 10.4. The van der Waals surface area contributed by atoms with Crippen LogP contribution in [-0.2, 0) is 14.8 Å². The number of amides is 1. The van der Waals surface area contributed by atoms with E-state index in [1.807, 2.05) is 17.5 Å². The summed E-state index contributed by atoms with van der Waals surface area (Å²) in [6.07, 6.45) is 1.09. The summed E-state index contributed by atoms with van der Waals surface area (Å²) in [4.78, 5) is 17.6. The molecule has 1 amide bonds. The smallest absolute Gasteiger partial charge is 0.244 e. The molecule has 0 bridgehead atoms. The minimum Gasteiger partial charge on any atom is -0.301 e. The van der Waals surface area contributed by atoms with Crippen molar-refractivity contribution in [1.29, 1.82) is 0 Å². The van der Waals surface area contributed by atoms with Crippen molar-refractivity contribution in [1.82, 2.24) is 9.29 Å². The van der Waals surface area contributed by atoms with Gasteiger partial charge in [0.1, 0.15) is 6.04 Å². The van der Waals surface area contributed by atoms with Crippen LogP contribution in [0.25, 0.3) is 11.3 Å². The number of nitrogens with one attached hydrogen (secondary N) is 1. The maximum atomic E-state index is 13.1. The van der Waals surface area contributed by atoms with Crippen LogP contribution in [0.2, 0.25) is 5.02 Å². The molecular formula is C23H24ClN3O3S2. The van der Waals surface area contributed by atoms with Gasteiger partial charge in [0.2, 0.25) is 15.9 Å². The van der Waals surface area contributed by atoms with Gasteiger partial charge in [0, 0.05) is 22.5 Å². The molecule has 32 heavy (non-hydrogen) atoms. The van der Waals surface area contributed by atoms with Gasteiger partial charge in [-0.3, -0.25) is 4.79 Å². The number of thiazole rings is 1. The lowest BCUT2D eigenvalue weighted by Crippen LogP contribution is -2.43. The topological polar surface area (TPSA) is 79.4 Å². The van der Waals surface area contributed by atoms with Gasteiger partial charge in [-0.05, 0) is 48.6 Å². The number of halogens is 1. The van der Waals surface area contributed by atoms with Crippen molar-refractivity contribution >= 4 is 44.0 Å². The fourth-order valence-corrected chi connectivity index (χ4v) is 6.23. The van der Waals surface area contributed by atoms with E-state index < -0.39 is 16.1 Å². The molecule has 0 radical (unpaired) electrons. The van der Waals surface area contributed by atoms with E-state index in [4.69, 9.17) is 11.6 Å². The average molecular weight is 490 g/mol. The fraction of sp³-hybridized carbons (Fsp3) is 0.304. The maximum Gasteiger partial charge on any atom is 0.244 e. The zero-order chi connectivity index (χ0) is 22.9. The molecule has 0 aliphatic carbocycles. The van der Waals surface area contributed by atoms with Crippen LogP contribution in [0.4, 0.5) is 5.13 Å². The third kappa shape index (κ3) is 4.73. The number of carbonyl (C=O) groups is 1. The van der Waals surface area contributed by atoms with Crippen LogP contribution >= 0.6 is 22.9 Å². The Bertz CT molecular complexity index is 1210. The highest BCUT2D eigenvalue weighted by atomic mass is 35.5. The van der Waals surface area contributed by atoms with Gasteiger partial charge in [-0.15, -0.1) is 11.3 Å². The summed E-state index contributed by atoms with van der Waals surface area (Å²) >= 11 is 7.20. The van der Waals surface area contributed by atoms with Crippen molar-refractivity contribution in [3.8, 4) is 11.3 Å². The van der Waals surface area contributed by atoms with Gasteiger partial charge in [-0.2, -0.15) is 4.31 Å². The molecule has 1 aliphatic rings. The monoisotopic (exact) mass is 489 g/mol. The summed E-state index contributed by atoms with van der Waals surface area (Å²) < 4.78 is 27.4. The van der Waals surface area contributed by atoms with Gasteiger partial charge in [0.25, 0.3) is 0 Å². The van der Waals surface area contributed by atoms with Crippen LogP contribution in [0.1, 0.15) is 38.2 Å². The lowest BCUT2D eigenvalue weighted by atomic mass is 10.0. The number of benzene rings is 2. The van der Waals surface area contributed by atoms with Gasteiger partial charge in [-0.1, -0.05) is 49.7 Å².